The number of hydrogen-bond acceptors (Lipinski definition) is 2. The van der Waals surface area contributed by atoms with E-state index in [0.717, 1.165) is 5.56 Å². The normalized spacial score (nSPS) is 13.1. The zero-order chi connectivity index (χ0) is 10.9. The molecule has 15 heavy (non-hydrogen) atoms. The molecule has 0 saturated heterocycles. The van der Waals surface area contributed by atoms with Crippen molar-refractivity contribution >= 4 is 24.0 Å². The minimum Gasteiger partial charge on any atom is -0.506 e. The second-order valence-corrected chi connectivity index (χ2v) is 4.96. The smallest absolute Gasteiger partial charge is 0.134 e. The van der Waals surface area contributed by atoms with Crippen molar-refractivity contribution < 1.29 is 5.11 Å². The van der Waals surface area contributed by atoms with Crippen LogP contribution in [0.2, 0.25) is 5.02 Å². The van der Waals surface area contributed by atoms with E-state index in [1.54, 1.807) is 18.2 Å². The van der Waals surface area contributed by atoms with Crippen LogP contribution in [-0.2, 0) is 0 Å². The zero-order valence-corrected chi connectivity index (χ0v) is 10.7. The summed E-state index contributed by atoms with van der Waals surface area (Å²) < 4.78 is 0. The average molecular weight is 250 g/mol. The summed E-state index contributed by atoms with van der Waals surface area (Å²) in [4.78, 5) is 0. The molecule has 1 atom stereocenters. The maximum Gasteiger partial charge on any atom is 0.134 e. The zero-order valence-electron chi connectivity index (χ0n) is 9.12. The first-order valence-electron chi connectivity index (χ1n) is 4.56. The summed E-state index contributed by atoms with van der Waals surface area (Å²) in [5.41, 5.74) is 6.98. The van der Waals surface area contributed by atoms with E-state index in [4.69, 9.17) is 17.3 Å². The van der Waals surface area contributed by atoms with Gasteiger partial charge in [-0.05, 0) is 23.1 Å². The number of nitrogens with two attached hydrogens (primary N) is 1. The van der Waals surface area contributed by atoms with Gasteiger partial charge in [0.05, 0.1) is 5.02 Å². The van der Waals surface area contributed by atoms with E-state index >= 15 is 0 Å². The topological polar surface area (TPSA) is 46.2 Å². The first-order chi connectivity index (χ1) is 6.32. The van der Waals surface area contributed by atoms with Crippen molar-refractivity contribution in [2.75, 3.05) is 0 Å². The van der Waals surface area contributed by atoms with Crippen LogP contribution in [0.15, 0.2) is 18.2 Å². The summed E-state index contributed by atoms with van der Waals surface area (Å²) in [6.07, 6.45) is 0. The largest absolute Gasteiger partial charge is 0.506 e. The Morgan fingerprint density at radius 3 is 2.27 bits per heavy atom. The lowest BCUT2D eigenvalue weighted by atomic mass is 9.83. The number of aromatic hydroxyl groups is 1. The van der Waals surface area contributed by atoms with Gasteiger partial charge in [0, 0.05) is 6.04 Å². The molecule has 0 unspecified atom stereocenters. The fourth-order valence-corrected chi connectivity index (χ4v) is 1.41. The molecule has 0 saturated carbocycles. The van der Waals surface area contributed by atoms with Gasteiger partial charge in [-0.25, -0.2) is 0 Å². The summed E-state index contributed by atoms with van der Waals surface area (Å²) >= 11 is 5.80. The van der Waals surface area contributed by atoms with Gasteiger partial charge >= 0.3 is 0 Å². The first kappa shape index (κ1) is 14.6. The fourth-order valence-electron chi connectivity index (χ4n) is 1.22. The number of phenolic OH excluding ortho intramolecular Hbond substituents is 1. The summed E-state index contributed by atoms with van der Waals surface area (Å²) in [5.74, 6) is 0.0940. The summed E-state index contributed by atoms with van der Waals surface area (Å²) in [6, 6.07) is 5.01. The first-order valence-corrected chi connectivity index (χ1v) is 4.94. The Balaban J connectivity index is 0.00000196. The van der Waals surface area contributed by atoms with Gasteiger partial charge in [-0.3, -0.25) is 0 Å². The van der Waals surface area contributed by atoms with Crippen LogP contribution in [0.1, 0.15) is 32.4 Å². The predicted octanol–water partition coefficient (Wildman–Crippen LogP) is 3.51. The van der Waals surface area contributed by atoms with Gasteiger partial charge in [0.15, 0.2) is 0 Å². The number of benzene rings is 1. The molecule has 1 rings (SSSR count). The molecule has 3 N–H and O–H groups in total. The second-order valence-electron chi connectivity index (χ2n) is 4.55. The minimum absolute atomic E-state index is 0. The molecule has 0 radical (unpaired) electrons. The highest BCUT2D eigenvalue weighted by Crippen LogP contribution is 2.33. The maximum absolute atomic E-state index is 9.26. The number of hydrogen-bond donors (Lipinski definition) is 2. The molecule has 0 spiro atoms. The van der Waals surface area contributed by atoms with Crippen LogP contribution in [0.4, 0.5) is 0 Å². The molecule has 1 aromatic carbocycles. The third-order valence-electron chi connectivity index (χ3n) is 2.26. The van der Waals surface area contributed by atoms with Crippen molar-refractivity contribution in [1.82, 2.24) is 0 Å². The molecular weight excluding hydrogens is 233 g/mol. The molecule has 86 valence electrons. The van der Waals surface area contributed by atoms with Crippen molar-refractivity contribution in [3.05, 3.63) is 28.8 Å². The van der Waals surface area contributed by atoms with Crippen molar-refractivity contribution in [1.29, 1.82) is 0 Å². The number of phenols is 1. The van der Waals surface area contributed by atoms with Gasteiger partial charge in [0.25, 0.3) is 0 Å². The van der Waals surface area contributed by atoms with Crippen LogP contribution in [0.3, 0.4) is 0 Å². The van der Waals surface area contributed by atoms with Crippen molar-refractivity contribution in [3.63, 3.8) is 0 Å². The quantitative estimate of drug-likeness (QED) is 0.801. The molecule has 4 heteroatoms. The van der Waals surface area contributed by atoms with Crippen LogP contribution >= 0.6 is 24.0 Å². The molecular formula is C11H17Cl2NO. The molecule has 0 heterocycles. The molecule has 2 nitrogen and oxygen atoms in total. The van der Waals surface area contributed by atoms with Crippen LogP contribution < -0.4 is 5.73 Å². The standard InChI is InChI=1S/C11H16ClNO.ClH/c1-11(2,3)10(13)7-4-5-9(14)8(12)6-7;/h4-6,10,14H,13H2,1-3H3;1H/t10-;/m0./s1. The van der Waals surface area contributed by atoms with E-state index in [0.29, 0.717) is 5.02 Å². The lowest BCUT2D eigenvalue weighted by Crippen LogP contribution is -2.26. The van der Waals surface area contributed by atoms with Gasteiger partial charge in [0.1, 0.15) is 5.75 Å². The van der Waals surface area contributed by atoms with Gasteiger partial charge in [0.2, 0.25) is 0 Å². The predicted molar refractivity (Wildman–Crippen MR) is 66.7 cm³/mol. The van der Waals surface area contributed by atoms with Crippen molar-refractivity contribution in [3.8, 4) is 5.75 Å². The van der Waals surface area contributed by atoms with Gasteiger partial charge in [-0.2, -0.15) is 0 Å². The van der Waals surface area contributed by atoms with E-state index in [-0.39, 0.29) is 29.6 Å². The van der Waals surface area contributed by atoms with Gasteiger partial charge < -0.3 is 10.8 Å². The van der Waals surface area contributed by atoms with E-state index in [9.17, 15) is 5.11 Å². The third kappa shape index (κ3) is 3.56. The second kappa shape index (κ2) is 5.06. The molecule has 0 amide bonds. The van der Waals surface area contributed by atoms with E-state index in [2.05, 4.69) is 20.8 Å². The Kier molecular flexibility index (Phi) is 4.91. The Morgan fingerprint density at radius 2 is 1.87 bits per heavy atom. The monoisotopic (exact) mass is 249 g/mol. The summed E-state index contributed by atoms with van der Waals surface area (Å²) in [5, 5.41) is 9.60. The minimum atomic E-state index is -0.0828. The Bertz CT molecular complexity index is 334. The van der Waals surface area contributed by atoms with E-state index in [1.165, 1.54) is 0 Å². The van der Waals surface area contributed by atoms with E-state index in [1.807, 2.05) is 0 Å². The Morgan fingerprint density at radius 1 is 1.33 bits per heavy atom. The lowest BCUT2D eigenvalue weighted by molar-refractivity contribution is 0.326. The van der Waals surface area contributed by atoms with E-state index < -0.39 is 0 Å². The average Bonchev–Trinajstić information content (AvgIpc) is 2.07. The Hall–Kier alpha value is -0.440. The van der Waals surface area contributed by atoms with Crippen LogP contribution in [0.5, 0.6) is 5.75 Å². The van der Waals surface area contributed by atoms with Crippen molar-refractivity contribution in [2.24, 2.45) is 11.1 Å². The third-order valence-corrected chi connectivity index (χ3v) is 2.57. The SMILES string of the molecule is CC(C)(C)[C@@H](N)c1ccc(O)c(Cl)c1.Cl. The summed E-state index contributed by atoms with van der Waals surface area (Å²) in [6.45, 7) is 6.20. The maximum atomic E-state index is 9.26. The molecule has 0 aromatic heterocycles. The lowest BCUT2D eigenvalue weighted by Gasteiger charge is -2.27. The number of halogens is 2. The molecule has 0 bridgehead atoms. The fraction of sp³-hybridized carbons (Fsp3) is 0.455. The molecule has 0 aliphatic carbocycles. The van der Waals surface area contributed by atoms with Gasteiger partial charge in [-0.1, -0.05) is 38.4 Å². The molecule has 0 fully saturated rings. The molecule has 0 aliphatic rings. The highest BCUT2D eigenvalue weighted by Gasteiger charge is 2.22. The summed E-state index contributed by atoms with van der Waals surface area (Å²) in [7, 11) is 0. The van der Waals surface area contributed by atoms with Gasteiger partial charge in [-0.15, -0.1) is 12.4 Å². The molecule has 1 aromatic rings. The number of rotatable bonds is 1. The van der Waals surface area contributed by atoms with Crippen LogP contribution in [-0.4, -0.2) is 5.11 Å². The van der Waals surface area contributed by atoms with Crippen molar-refractivity contribution in [2.45, 2.75) is 26.8 Å². The highest BCUT2D eigenvalue weighted by molar-refractivity contribution is 6.32. The highest BCUT2D eigenvalue weighted by atomic mass is 35.5. The van der Waals surface area contributed by atoms with Crippen LogP contribution in [0, 0.1) is 5.41 Å². The molecule has 0 aliphatic heterocycles. The van der Waals surface area contributed by atoms with Crippen LogP contribution in [0.25, 0.3) is 0 Å². The Labute approximate surface area is 102 Å².